The predicted molar refractivity (Wildman–Crippen MR) is 73.5 cm³/mol. The Bertz CT molecular complexity index is 443. The van der Waals surface area contributed by atoms with Gasteiger partial charge in [-0.05, 0) is 18.6 Å². The Morgan fingerprint density at radius 3 is 2.32 bits per heavy atom. The minimum Gasteiger partial charge on any atom is -0.377 e. The maximum absolute atomic E-state index is 13.5. The quantitative estimate of drug-likeness (QED) is 0.905. The lowest BCUT2D eigenvalue weighted by molar-refractivity contribution is 0.185. The average Bonchev–Trinajstić information content (AvgIpc) is 2.41. The third kappa shape index (κ3) is 3.04. The van der Waals surface area contributed by atoms with Crippen molar-refractivity contribution in [1.82, 2.24) is 10.2 Å². The van der Waals surface area contributed by atoms with E-state index in [1.165, 1.54) is 12.1 Å². The number of halogens is 2. The van der Waals surface area contributed by atoms with Crippen LogP contribution < -0.4 is 10.2 Å². The van der Waals surface area contributed by atoms with Crippen molar-refractivity contribution < 1.29 is 8.78 Å². The minimum absolute atomic E-state index is 0.0783. The van der Waals surface area contributed by atoms with E-state index in [1.54, 1.807) is 0 Å². The number of nitrogens with zero attached hydrogens (tertiary/aromatic N) is 2. The Morgan fingerprint density at radius 2 is 1.74 bits per heavy atom. The zero-order valence-electron chi connectivity index (χ0n) is 11.7. The Labute approximate surface area is 113 Å². The topological polar surface area (TPSA) is 18.5 Å². The molecule has 1 saturated heterocycles. The second-order valence-electron chi connectivity index (χ2n) is 5.18. The van der Waals surface area contributed by atoms with Crippen molar-refractivity contribution in [3.8, 4) is 0 Å². The van der Waals surface area contributed by atoms with E-state index in [4.69, 9.17) is 0 Å². The Morgan fingerprint density at radius 1 is 1.16 bits per heavy atom. The van der Waals surface area contributed by atoms with Crippen LogP contribution >= 0.6 is 0 Å². The molecule has 0 spiro atoms. The molecule has 106 valence electrons. The smallest absolute Gasteiger partial charge is 0.160 e. The Hall–Kier alpha value is -1.20. The molecule has 1 N–H and O–H groups in total. The highest BCUT2D eigenvalue weighted by Gasteiger charge is 2.22. The molecule has 1 fully saturated rings. The van der Waals surface area contributed by atoms with E-state index in [9.17, 15) is 8.78 Å². The summed E-state index contributed by atoms with van der Waals surface area (Å²) in [7, 11) is 3.70. The van der Waals surface area contributed by atoms with E-state index in [1.807, 2.05) is 25.9 Å². The number of benzene rings is 1. The van der Waals surface area contributed by atoms with Gasteiger partial charge in [-0.3, -0.25) is 4.90 Å². The van der Waals surface area contributed by atoms with Gasteiger partial charge in [-0.15, -0.1) is 0 Å². The first-order chi connectivity index (χ1) is 9.00. The van der Waals surface area contributed by atoms with Crippen molar-refractivity contribution in [1.29, 1.82) is 0 Å². The highest BCUT2D eigenvalue weighted by Crippen LogP contribution is 2.31. The van der Waals surface area contributed by atoms with Gasteiger partial charge in [-0.1, -0.05) is 0 Å². The minimum atomic E-state index is -0.792. The van der Waals surface area contributed by atoms with Crippen molar-refractivity contribution >= 4 is 5.69 Å². The summed E-state index contributed by atoms with van der Waals surface area (Å²) < 4.78 is 26.9. The SMILES string of the molecule is CC(c1cc(F)c(F)cc1N(C)C)N1CCNCC1. The molecular weight excluding hydrogens is 248 g/mol. The second kappa shape index (κ2) is 5.84. The monoisotopic (exact) mass is 269 g/mol. The van der Waals surface area contributed by atoms with E-state index < -0.39 is 11.6 Å². The Kier molecular flexibility index (Phi) is 4.37. The number of rotatable bonds is 3. The fraction of sp³-hybridized carbons (Fsp3) is 0.571. The first-order valence-electron chi connectivity index (χ1n) is 6.61. The van der Waals surface area contributed by atoms with Gasteiger partial charge in [0.1, 0.15) is 0 Å². The van der Waals surface area contributed by atoms with Gasteiger partial charge in [0.15, 0.2) is 11.6 Å². The first-order valence-corrected chi connectivity index (χ1v) is 6.61. The van der Waals surface area contributed by atoms with Crippen LogP contribution in [-0.2, 0) is 0 Å². The highest BCUT2D eigenvalue weighted by molar-refractivity contribution is 5.54. The molecule has 1 aliphatic heterocycles. The predicted octanol–water partition coefficient (Wildman–Crippen LogP) is 2.00. The van der Waals surface area contributed by atoms with E-state index in [0.717, 1.165) is 37.4 Å². The molecular formula is C14H21F2N3. The molecule has 2 rings (SSSR count). The van der Waals surface area contributed by atoms with Crippen LogP contribution in [0.4, 0.5) is 14.5 Å². The zero-order chi connectivity index (χ0) is 14.0. The maximum atomic E-state index is 13.5. The standard InChI is InChI=1S/C14H21F2N3/c1-10(19-6-4-17-5-7-19)11-8-12(15)13(16)9-14(11)18(2)3/h8-10,17H,4-7H2,1-3H3. The normalized spacial score (nSPS) is 18.4. The van der Waals surface area contributed by atoms with Crippen molar-refractivity contribution in [2.45, 2.75) is 13.0 Å². The molecule has 0 saturated carbocycles. The molecule has 1 unspecified atom stereocenters. The summed E-state index contributed by atoms with van der Waals surface area (Å²) >= 11 is 0. The van der Waals surface area contributed by atoms with Gasteiger partial charge in [0.05, 0.1) is 0 Å². The van der Waals surface area contributed by atoms with Gasteiger partial charge < -0.3 is 10.2 Å². The number of piperazine rings is 1. The summed E-state index contributed by atoms with van der Waals surface area (Å²) in [6.07, 6.45) is 0. The molecule has 0 radical (unpaired) electrons. The molecule has 0 bridgehead atoms. The molecule has 1 aliphatic rings. The van der Waals surface area contributed by atoms with Gasteiger partial charge in [0, 0.05) is 58.1 Å². The van der Waals surface area contributed by atoms with E-state index in [-0.39, 0.29) is 6.04 Å². The van der Waals surface area contributed by atoms with E-state index >= 15 is 0 Å². The van der Waals surface area contributed by atoms with E-state index in [2.05, 4.69) is 10.2 Å². The molecule has 0 aliphatic carbocycles. The number of hydrogen-bond acceptors (Lipinski definition) is 3. The molecule has 19 heavy (non-hydrogen) atoms. The summed E-state index contributed by atoms with van der Waals surface area (Å²) in [5.74, 6) is -1.57. The average molecular weight is 269 g/mol. The van der Waals surface area contributed by atoms with Gasteiger partial charge in [-0.25, -0.2) is 8.78 Å². The molecule has 5 heteroatoms. The van der Waals surface area contributed by atoms with Crippen LogP contribution in [0.15, 0.2) is 12.1 Å². The lowest BCUT2D eigenvalue weighted by atomic mass is 10.0. The first kappa shape index (κ1) is 14.2. The fourth-order valence-corrected chi connectivity index (χ4v) is 2.54. The number of anilines is 1. The van der Waals surface area contributed by atoms with E-state index in [0.29, 0.717) is 0 Å². The van der Waals surface area contributed by atoms with Crippen molar-refractivity contribution in [3.05, 3.63) is 29.3 Å². The third-order valence-electron chi connectivity index (χ3n) is 3.70. The van der Waals surface area contributed by atoms with Crippen molar-refractivity contribution in [2.24, 2.45) is 0 Å². The van der Waals surface area contributed by atoms with Gasteiger partial charge in [-0.2, -0.15) is 0 Å². The second-order valence-corrected chi connectivity index (χ2v) is 5.18. The lowest BCUT2D eigenvalue weighted by Crippen LogP contribution is -2.44. The van der Waals surface area contributed by atoms with Gasteiger partial charge in [0.2, 0.25) is 0 Å². The van der Waals surface area contributed by atoms with Crippen LogP contribution in [-0.4, -0.2) is 45.2 Å². The summed E-state index contributed by atoms with van der Waals surface area (Å²) in [5, 5.41) is 3.29. The molecule has 0 amide bonds. The van der Waals surface area contributed by atoms with Crippen molar-refractivity contribution in [3.63, 3.8) is 0 Å². The maximum Gasteiger partial charge on any atom is 0.160 e. The summed E-state index contributed by atoms with van der Waals surface area (Å²) in [5.41, 5.74) is 1.58. The van der Waals surface area contributed by atoms with Crippen LogP contribution in [0.2, 0.25) is 0 Å². The molecule has 0 aromatic heterocycles. The summed E-state index contributed by atoms with van der Waals surface area (Å²) in [6.45, 7) is 5.77. The largest absolute Gasteiger partial charge is 0.377 e. The number of nitrogens with one attached hydrogen (secondary N) is 1. The number of hydrogen-bond donors (Lipinski definition) is 1. The van der Waals surface area contributed by atoms with Gasteiger partial charge in [0.25, 0.3) is 0 Å². The van der Waals surface area contributed by atoms with Crippen LogP contribution in [0.1, 0.15) is 18.5 Å². The molecule has 1 heterocycles. The summed E-state index contributed by atoms with van der Waals surface area (Å²) in [6, 6.07) is 2.69. The van der Waals surface area contributed by atoms with Crippen LogP contribution in [0.5, 0.6) is 0 Å². The fourth-order valence-electron chi connectivity index (χ4n) is 2.54. The molecule has 1 aromatic rings. The molecule has 3 nitrogen and oxygen atoms in total. The molecule has 1 aromatic carbocycles. The Balaban J connectivity index is 2.33. The highest BCUT2D eigenvalue weighted by atomic mass is 19.2. The van der Waals surface area contributed by atoms with Crippen molar-refractivity contribution in [2.75, 3.05) is 45.2 Å². The third-order valence-corrected chi connectivity index (χ3v) is 3.70. The summed E-state index contributed by atoms with van der Waals surface area (Å²) in [4.78, 5) is 4.12. The lowest BCUT2D eigenvalue weighted by Gasteiger charge is -2.34. The molecule has 1 atom stereocenters. The van der Waals surface area contributed by atoms with Crippen LogP contribution in [0, 0.1) is 11.6 Å². The van der Waals surface area contributed by atoms with Crippen LogP contribution in [0.3, 0.4) is 0 Å². The zero-order valence-corrected chi connectivity index (χ0v) is 11.7. The van der Waals surface area contributed by atoms with Gasteiger partial charge >= 0.3 is 0 Å². The van der Waals surface area contributed by atoms with Crippen LogP contribution in [0.25, 0.3) is 0 Å².